The second kappa shape index (κ2) is 16.7. The summed E-state index contributed by atoms with van der Waals surface area (Å²) in [5, 5.41) is 0. The predicted octanol–water partition coefficient (Wildman–Crippen LogP) is 9.14. The van der Waals surface area contributed by atoms with Crippen LogP contribution >= 0.6 is 0 Å². The average molecular weight is 509 g/mol. The summed E-state index contributed by atoms with van der Waals surface area (Å²) >= 11 is 0. The van der Waals surface area contributed by atoms with Gasteiger partial charge in [0.05, 0.1) is 25.0 Å². The highest BCUT2D eigenvalue weighted by Gasteiger charge is 2.34. The predicted molar refractivity (Wildman–Crippen MR) is 151 cm³/mol. The fourth-order valence-corrected chi connectivity index (χ4v) is 6.03. The molecule has 36 heavy (non-hydrogen) atoms. The Morgan fingerprint density at radius 1 is 0.667 bits per heavy atom. The Balaban J connectivity index is 2.34. The van der Waals surface area contributed by atoms with Gasteiger partial charge in [-0.15, -0.1) is 0 Å². The number of hydrogen-bond acceptors (Lipinski definition) is 4. The molecule has 0 radical (unpaired) electrons. The molecule has 0 aliphatic heterocycles. The summed E-state index contributed by atoms with van der Waals surface area (Å²) in [5.41, 5.74) is 0.00516. The van der Waals surface area contributed by atoms with Crippen LogP contribution in [0.25, 0.3) is 0 Å². The van der Waals surface area contributed by atoms with Crippen molar-refractivity contribution in [2.45, 2.75) is 145 Å². The van der Waals surface area contributed by atoms with Crippen LogP contribution in [0.2, 0.25) is 0 Å². The van der Waals surface area contributed by atoms with Gasteiger partial charge < -0.3 is 9.47 Å². The van der Waals surface area contributed by atoms with Gasteiger partial charge in [-0.3, -0.25) is 9.59 Å². The van der Waals surface area contributed by atoms with Crippen LogP contribution in [-0.4, -0.2) is 25.2 Å². The van der Waals surface area contributed by atoms with Crippen LogP contribution in [-0.2, 0) is 19.1 Å². The van der Waals surface area contributed by atoms with Gasteiger partial charge in [0.25, 0.3) is 0 Å². The minimum absolute atomic E-state index is 0.00258. The lowest BCUT2D eigenvalue weighted by Gasteiger charge is -2.31. The Hall–Kier alpha value is -1.06. The van der Waals surface area contributed by atoms with Crippen molar-refractivity contribution in [3.8, 4) is 0 Å². The molecule has 1 aliphatic carbocycles. The van der Waals surface area contributed by atoms with Crippen molar-refractivity contribution in [2.24, 2.45) is 34.5 Å². The first-order chi connectivity index (χ1) is 16.9. The highest BCUT2D eigenvalue weighted by atomic mass is 16.5. The number of hydrogen-bond donors (Lipinski definition) is 0. The molecular formula is C32H60O4. The summed E-state index contributed by atoms with van der Waals surface area (Å²) in [5.74, 6) is 1.000. The number of carbonyl (C=O) groups is 2. The molecule has 4 nitrogen and oxygen atoms in total. The van der Waals surface area contributed by atoms with Gasteiger partial charge in [-0.05, 0) is 61.2 Å². The molecule has 0 N–H and O–H groups in total. The molecule has 0 aromatic carbocycles. The summed E-state index contributed by atoms with van der Waals surface area (Å²) in [7, 11) is 0. The van der Waals surface area contributed by atoms with Crippen LogP contribution < -0.4 is 0 Å². The number of ether oxygens (including phenoxy) is 2. The van der Waals surface area contributed by atoms with Crippen molar-refractivity contribution in [3.63, 3.8) is 0 Å². The van der Waals surface area contributed by atoms with Crippen LogP contribution in [0.15, 0.2) is 0 Å². The zero-order valence-corrected chi connectivity index (χ0v) is 25.3. The minimum atomic E-state index is -0.0771. The van der Waals surface area contributed by atoms with Crippen LogP contribution in [0.1, 0.15) is 145 Å². The maximum absolute atomic E-state index is 12.7. The molecule has 212 valence electrons. The fraction of sp³-hybridized carbons (Fsp3) is 0.938. The molecule has 1 aliphatic rings. The molecule has 2 atom stereocenters. The molecule has 1 rings (SSSR count). The van der Waals surface area contributed by atoms with Crippen molar-refractivity contribution in [2.75, 3.05) is 13.2 Å². The van der Waals surface area contributed by atoms with Gasteiger partial charge in [-0.1, -0.05) is 107 Å². The van der Waals surface area contributed by atoms with Crippen molar-refractivity contribution >= 4 is 11.9 Å². The summed E-state index contributed by atoms with van der Waals surface area (Å²) in [6.45, 7) is 18.9. The second-order valence-electron chi connectivity index (χ2n) is 13.7. The van der Waals surface area contributed by atoms with Gasteiger partial charge in [-0.2, -0.15) is 0 Å². The second-order valence-corrected chi connectivity index (χ2v) is 13.7. The van der Waals surface area contributed by atoms with E-state index in [4.69, 9.17) is 9.47 Å². The summed E-state index contributed by atoms with van der Waals surface area (Å²) in [6, 6.07) is 0. The van der Waals surface area contributed by atoms with Gasteiger partial charge in [0, 0.05) is 0 Å². The Labute approximate surface area is 224 Å². The number of rotatable bonds is 18. The van der Waals surface area contributed by atoms with Crippen LogP contribution in [0.5, 0.6) is 0 Å². The van der Waals surface area contributed by atoms with E-state index in [1.54, 1.807) is 0 Å². The first kappa shape index (κ1) is 33.0. The highest BCUT2D eigenvalue weighted by Crippen LogP contribution is 2.34. The minimum Gasteiger partial charge on any atom is -0.465 e. The fourth-order valence-electron chi connectivity index (χ4n) is 6.03. The normalized spacial score (nSPS) is 20.6. The lowest BCUT2D eigenvalue weighted by atomic mass is 9.81. The van der Waals surface area contributed by atoms with Crippen molar-refractivity contribution < 1.29 is 19.1 Å². The molecule has 4 heteroatoms. The smallest absolute Gasteiger partial charge is 0.308 e. The van der Waals surface area contributed by atoms with E-state index in [1.807, 2.05) is 0 Å². The molecule has 2 unspecified atom stereocenters. The average Bonchev–Trinajstić information content (AvgIpc) is 2.81. The third kappa shape index (κ3) is 14.0. The molecule has 0 heterocycles. The number of carbonyl (C=O) groups excluding carboxylic acids is 2. The molecule has 0 bridgehead atoms. The SMILES string of the molecule is CCCCCC(C)CC(C)(C)COC(=O)C1CCC(C(=O)OCC(C)(C)CC(C)CCCCC)CC1. The molecule has 1 fully saturated rings. The summed E-state index contributed by atoms with van der Waals surface area (Å²) in [6.07, 6.45) is 15.2. The first-order valence-electron chi connectivity index (χ1n) is 15.2. The van der Waals surface area contributed by atoms with E-state index in [1.165, 1.54) is 51.4 Å². The Morgan fingerprint density at radius 2 is 1.00 bits per heavy atom. The van der Waals surface area contributed by atoms with E-state index >= 15 is 0 Å². The maximum Gasteiger partial charge on any atom is 0.308 e. The van der Waals surface area contributed by atoms with Crippen LogP contribution in [0.3, 0.4) is 0 Å². The van der Waals surface area contributed by atoms with Gasteiger partial charge in [-0.25, -0.2) is 0 Å². The van der Waals surface area contributed by atoms with E-state index in [0.29, 0.717) is 25.0 Å². The quantitative estimate of drug-likeness (QED) is 0.137. The summed E-state index contributed by atoms with van der Waals surface area (Å²) < 4.78 is 11.6. The Kier molecular flexibility index (Phi) is 15.3. The van der Waals surface area contributed by atoms with Crippen molar-refractivity contribution in [3.05, 3.63) is 0 Å². The largest absolute Gasteiger partial charge is 0.465 e. The topological polar surface area (TPSA) is 52.6 Å². The van der Waals surface area contributed by atoms with Gasteiger partial charge in [0.1, 0.15) is 0 Å². The lowest BCUT2D eigenvalue weighted by Crippen LogP contribution is -2.32. The standard InChI is InChI=1S/C32H60O4/c1-9-11-13-15-25(3)21-31(5,6)23-35-29(33)27-17-19-28(20-18-27)30(34)36-24-32(7,8)22-26(4)16-14-12-10-2/h25-28H,9-24H2,1-8H3. The molecule has 0 aromatic rings. The van der Waals surface area contributed by atoms with E-state index in [2.05, 4.69) is 55.4 Å². The maximum atomic E-state index is 12.7. The van der Waals surface area contributed by atoms with E-state index in [9.17, 15) is 9.59 Å². The van der Waals surface area contributed by atoms with Gasteiger partial charge in [0.2, 0.25) is 0 Å². The lowest BCUT2D eigenvalue weighted by molar-refractivity contribution is -0.158. The van der Waals surface area contributed by atoms with Crippen LogP contribution in [0.4, 0.5) is 0 Å². The van der Waals surface area contributed by atoms with E-state index < -0.39 is 0 Å². The first-order valence-corrected chi connectivity index (χ1v) is 15.2. The third-order valence-electron chi connectivity index (χ3n) is 8.01. The summed E-state index contributed by atoms with van der Waals surface area (Å²) in [4.78, 5) is 25.5. The van der Waals surface area contributed by atoms with Gasteiger partial charge in [0.15, 0.2) is 0 Å². The van der Waals surface area contributed by atoms with E-state index in [-0.39, 0.29) is 34.6 Å². The Bertz CT molecular complexity index is 562. The van der Waals surface area contributed by atoms with Crippen molar-refractivity contribution in [1.82, 2.24) is 0 Å². The zero-order chi connectivity index (χ0) is 27.2. The number of unbranched alkanes of at least 4 members (excludes halogenated alkanes) is 4. The molecule has 0 aromatic heterocycles. The highest BCUT2D eigenvalue weighted by molar-refractivity contribution is 5.75. The zero-order valence-electron chi connectivity index (χ0n) is 25.3. The molecule has 0 spiro atoms. The monoisotopic (exact) mass is 508 g/mol. The molecule has 1 saturated carbocycles. The number of esters is 2. The van der Waals surface area contributed by atoms with E-state index in [0.717, 1.165) is 38.5 Å². The Morgan fingerprint density at radius 3 is 1.31 bits per heavy atom. The molecule has 0 saturated heterocycles. The molecule has 0 amide bonds. The van der Waals surface area contributed by atoms with Crippen LogP contribution in [0, 0.1) is 34.5 Å². The third-order valence-corrected chi connectivity index (χ3v) is 8.01. The molecular weight excluding hydrogens is 448 g/mol. The van der Waals surface area contributed by atoms with Crippen molar-refractivity contribution in [1.29, 1.82) is 0 Å². The van der Waals surface area contributed by atoms with Gasteiger partial charge >= 0.3 is 11.9 Å².